The quantitative estimate of drug-likeness (QED) is 0.684. The molecule has 0 atom stereocenters. The number of esters is 1. The second-order valence-corrected chi connectivity index (χ2v) is 9.71. The van der Waals surface area contributed by atoms with Crippen LogP contribution in [0.4, 0.5) is 4.39 Å². The summed E-state index contributed by atoms with van der Waals surface area (Å²) in [7, 11) is -3.91. The zero-order valence-electron chi connectivity index (χ0n) is 16.4. The number of ether oxygens (including phenoxy) is 1. The minimum Gasteiger partial charge on any atom is -0.450 e. The third-order valence-corrected chi connectivity index (χ3v) is 7.43. The van der Waals surface area contributed by atoms with E-state index in [-0.39, 0.29) is 34.8 Å². The van der Waals surface area contributed by atoms with Crippen LogP contribution in [0.2, 0.25) is 5.02 Å². The number of carbonyl (C=O) groups is 2. The van der Waals surface area contributed by atoms with Gasteiger partial charge in [0.1, 0.15) is 11.4 Å². The largest absolute Gasteiger partial charge is 0.450 e. The van der Waals surface area contributed by atoms with Crippen LogP contribution in [-0.2, 0) is 25.2 Å². The molecule has 2 aliphatic rings. The van der Waals surface area contributed by atoms with Gasteiger partial charge in [-0.25, -0.2) is 22.3 Å². The second-order valence-electron chi connectivity index (χ2n) is 7.53. The number of benzene rings is 2. The molecule has 1 spiro atoms. The maximum absolute atomic E-state index is 13.2. The second kappa shape index (κ2) is 8.22. The topological polar surface area (TPSA) is 92.8 Å². The van der Waals surface area contributed by atoms with E-state index in [2.05, 4.69) is 4.72 Å². The molecular weight excluding hydrogens is 447 g/mol. The van der Waals surface area contributed by atoms with Gasteiger partial charge in [0.15, 0.2) is 0 Å². The van der Waals surface area contributed by atoms with Crippen LogP contribution in [0.3, 0.4) is 0 Å². The van der Waals surface area contributed by atoms with Crippen LogP contribution in [0, 0.1) is 5.82 Å². The van der Waals surface area contributed by atoms with E-state index in [1.807, 2.05) is 12.1 Å². The summed E-state index contributed by atoms with van der Waals surface area (Å²) in [6.07, 6.45) is 0.945. The molecule has 1 N–H and O–H groups in total. The van der Waals surface area contributed by atoms with Gasteiger partial charge in [-0.1, -0.05) is 29.8 Å². The third-order valence-electron chi connectivity index (χ3n) is 5.68. The number of halogens is 2. The summed E-state index contributed by atoms with van der Waals surface area (Å²) in [5.74, 6) is -1.26. The molecule has 2 aromatic carbocycles. The number of likely N-dealkylation sites (tertiary alicyclic amines) is 1. The predicted octanol–water partition coefficient (Wildman–Crippen LogP) is 2.84. The van der Waals surface area contributed by atoms with E-state index >= 15 is 0 Å². The van der Waals surface area contributed by atoms with Gasteiger partial charge in [0, 0.05) is 44.5 Å². The Labute approximate surface area is 184 Å². The fraction of sp³-hybridized carbons (Fsp3) is 0.333. The van der Waals surface area contributed by atoms with E-state index in [1.54, 1.807) is 17.0 Å². The van der Waals surface area contributed by atoms with Gasteiger partial charge in [0.2, 0.25) is 15.9 Å². The molecule has 7 nitrogen and oxygen atoms in total. The molecule has 31 heavy (non-hydrogen) atoms. The Morgan fingerprint density at radius 3 is 2.61 bits per heavy atom. The molecule has 0 aromatic heterocycles. The van der Waals surface area contributed by atoms with E-state index in [4.69, 9.17) is 16.3 Å². The lowest BCUT2D eigenvalue weighted by atomic mass is 9.83. The highest BCUT2D eigenvalue weighted by molar-refractivity contribution is 7.89. The number of nitrogens with zero attached hydrogens (tertiary/aromatic N) is 1. The fourth-order valence-electron chi connectivity index (χ4n) is 4.01. The van der Waals surface area contributed by atoms with Crippen LogP contribution in [-0.4, -0.2) is 44.8 Å². The number of fused-ring (bicyclic) bond motifs is 2. The lowest BCUT2D eigenvalue weighted by Crippen LogP contribution is -2.46. The summed E-state index contributed by atoms with van der Waals surface area (Å²) in [4.78, 5) is 26.2. The number of rotatable bonds is 5. The molecule has 0 aliphatic carbocycles. The van der Waals surface area contributed by atoms with Crippen molar-refractivity contribution in [1.29, 1.82) is 0 Å². The number of piperidine rings is 1. The zero-order valence-corrected chi connectivity index (χ0v) is 18.0. The van der Waals surface area contributed by atoms with Crippen molar-refractivity contribution >= 4 is 33.5 Å². The highest BCUT2D eigenvalue weighted by Gasteiger charge is 2.47. The van der Waals surface area contributed by atoms with Gasteiger partial charge in [-0.3, -0.25) is 4.79 Å². The van der Waals surface area contributed by atoms with Gasteiger partial charge in [0.05, 0.1) is 15.5 Å². The van der Waals surface area contributed by atoms with E-state index in [9.17, 15) is 22.4 Å². The summed E-state index contributed by atoms with van der Waals surface area (Å²) in [6.45, 7) is 0.706. The summed E-state index contributed by atoms with van der Waals surface area (Å²) in [5.41, 5.74) is 0.726. The predicted molar refractivity (Wildman–Crippen MR) is 111 cm³/mol. The lowest BCUT2D eigenvalue weighted by molar-refractivity contribution is -0.135. The van der Waals surface area contributed by atoms with Crippen molar-refractivity contribution in [3.8, 4) is 0 Å². The molecule has 10 heteroatoms. The first kappa shape index (κ1) is 21.7. The molecule has 0 radical (unpaired) electrons. The van der Waals surface area contributed by atoms with Crippen LogP contribution in [0.15, 0.2) is 47.4 Å². The average Bonchev–Trinajstić information content (AvgIpc) is 3.02. The SMILES string of the molecule is O=C1OC2(CCN(C(=O)CCNS(=O)(=O)c3ccc(F)c(Cl)c3)CC2)c2ccccc21. The summed E-state index contributed by atoms with van der Waals surface area (Å²) in [6, 6.07) is 10.4. The number of carbonyl (C=O) groups excluding carboxylic acids is 2. The van der Waals surface area contributed by atoms with Crippen LogP contribution in [0.25, 0.3) is 0 Å². The summed E-state index contributed by atoms with van der Waals surface area (Å²) in [5, 5.41) is -0.296. The van der Waals surface area contributed by atoms with Crippen LogP contribution >= 0.6 is 11.6 Å². The molecular formula is C21H20ClFN2O5S. The van der Waals surface area contributed by atoms with Crippen LogP contribution in [0.5, 0.6) is 0 Å². The molecule has 0 saturated carbocycles. The molecule has 164 valence electrons. The van der Waals surface area contributed by atoms with E-state index in [1.165, 1.54) is 0 Å². The molecule has 0 bridgehead atoms. The normalized spacial score (nSPS) is 17.5. The van der Waals surface area contributed by atoms with Gasteiger partial charge in [-0.15, -0.1) is 0 Å². The van der Waals surface area contributed by atoms with E-state index in [0.717, 1.165) is 23.8 Å². The van der Waals surface area contributed by atoms with Crippen molar-refractivity contribution in [2.45, 2.75) is 29.8 Å². The third kappa shape index (κ3) is 4.17. The first-order chi connectivity index (χ1) is 14.7. The number of sulfonamides is 1. The average molecular weight is 467 g/mol. The standard InChI is InChI=1S/C21H20ClFN2O5S/c22-17-13-14(5-6-18(17)23)31(28,29)24-10-7-19(26)25-11-8-21(9-12-25)16-4-2-1-3-15(16)20(27)30-21/h1-6,13,24H,7-12H2. The smallest absolute Gasteiger partial charge is 0.339 e. The van der Waals surface area contributed by atoms with Crippen molar-refractivity contribution in [2.24, 2.45) is 0 Å². The Hall–Kier alpha value is -2.49. The number of amides is 1. The Balaban J connectivity index is 1.32. The number of hydrogen-bond acceptors (Lipinski definition) is 5. The fourth-order valence-corrected chi connectivity index (χ4v) is 5.32. The number of hydrogen-bond donors (Lipinski definition) is 1. The minimum absolute atomic E-state index is 0.0302. The Morgan fingerprint density at radius 2 is 1.90 bits per heavy atom. The highest BCUT2D eigenvalue weighted by Crippen LogP contribution is 2.43. The molecule has 2 heterocycles. The molecule has 4 rings (SSSR count). The maximum Gasteiger partial charge on any atom is 0.339 e. The molecule has 1 fully saturated rings. The van der Waals surface area contributed by atoms with Gasteiger partial charge in [-0.2, -0.15) is 0 Å². The van der Waals surface area contributed by atoms with Crippen LogP contribution in [0.1, 0.15) is 35.2 Å². The van der Waals surface area contributed by atoms with E-state index < -0.39 is 21.4 Å². The van der Waals surface area contributed by atoms with Crippen molar-refractivity contribution < 1.29 is 27.1 Å². The van der Waals surface area contributed by atoms with Crippen molar-refractivity contribution in [2.75, 3.05) is 19.6 Å². The Kier molecular flexibility index (Phi) is 5.76. The van der Waals surface area contributed by atoms with Gasteiger partial charge < -0.3 is 9.64 Å². The number of nitrogens with one attached hydrogen (secondary N) is 1. The van der Waals surface area contributed by atoms with Crippen molar-refractivity contribution in [3.05, 3.63) is 64.4 Å². The Morgan fingerprint density at radius 1 is 1.19 bits per heavy atom. The highest BCUT2D eigenvalue weighted by atomic mass is 35.5. The van der Waals surface area contributed by atoms with Gasteiger partial charge in [0.25, 0.3) is 0 Å². The van der Waals surface area contributed by atoms with Gasteiger partial charge in [-0.05, 0) is 24.3 Å². The maximum atomic E-state index is 13.2. The monoisotopic (exact) mass is 466 g/mol. The van der Waals surface area contributed by atoms with E-state index in [0.29, 0.717) is 31.5 Å². The molecule has 2 aromatic rings. The molecule has 0 unspecified atom stereocenters. The minimum atomic E-state index is -3.91. The molecule has 2 aliphatic heterocycles. The van der Waals surface area contributed by atoms with Crippen molar-refractivity contribution in [1.82, 2.24) is 9.62 Å². The summed E-state index contributed by atoms with van der Waals surface area (Å²) < 4.78 is 45.9. The first-order valence-corrected chi connectivity index (χ1v) is 11.6. The molecule has 1 saturated heterocycles. The van der Waals surface area contributed by atoms with Crippen LogP contribution < -0.4 is 4.72 Å². The lowest BCUT2D eigenvalue weighted by Gasteiger charge is -2.38. The van der Waals surface area contributed by atoms with Gasteiger partial charge >= 0.3 is 5.97 Å². The first-order valence-electron chi connectivity index (χ1n) is 9.77. The van der Waals surface area contributed by atoms with Crippen molar-refractivity contribution in [3.63, 3.8) is 0 Å². The zero-order chi connectivity index (χ0) is 22.2. The summed E-state index contributed by atoms with van der Waals surface area (Å²) >= 11 is 5.64. The molecule has 1 amide bonds. The Bertz CT molecular complexity index is 1150.